The lowest BCUT2D eigenvalue weighted by atomic mass is 9.85. The van der Waals surface area contributed by atoms with Crippen LogP contribution in [-0.4, -0.2) is 30.1 Å². The van der Waals surface area contributed by atoms with E-state index in [0.717, 1.165) is 36.9 Å². The second-order valence-electron chi connectivity index (χ2n) is 6.93. The Kier molecular flexibility index (Phi) is 5.82. The maximum atomic E-state index is 8.79. The molecule has 0 unspecified atom stereocenters. The summed E-state index contributed by atoms with van der Waals surface area (Å²) in [6, 6.07) is 8.91. The highest BCUT2D eigenvalue weighted by molar-refractivity contribution is 6.30. The van der Waals surface area contributed by atoms with Crippen molar-refractivity contribution in [3.63, 3.8) is 0 Å². The van der Waals surface area contributed by atoms with E-state index >= 15 is 0 Å². The Balaban J connectivity index is 1.53. The lowest BCUT2D eigenvalue weighted by molar-refractivity contribution is 0.0938. The molecular weight excluding hydrogens is 308 g/mol. The van der Waals surface area contributed by atoms with Crippen molar-refractivity contribution in [1.82, 2.24) is 4.90 Å². The van der Waals surface area contributed by atoms with Gasteiger partial charge in [-0.25, -0.2) is 0 Å². The number of nitrogens with zero attached hydrogens (tertiary/aromatic N) is 4. The molecular formula is C18H25ClN4. The minimum absolute atomic E-state index is 0.182. The van der Waals surface area contributed by atoms with Crippen molar-refractivity contribution in [3.05, 3.63) is 45.3 Å². The molecule has 5 heteroatoms. The van der Waals surface area contributed by atoms with Gasteiger partial charge >= 0.3 is 0 Å². The molecule has 2 fully saturated rings. The van der Waals surface area contributed by atoms with E-state index in [1.54, 1.807) is 0 Å². The largest absolute Gasteiger partial charge is 0.300 e. The van der Waals surface area contributed by atoms with Gasteiger partial charge in [-0.15, -0.1) is 0 Å². The normalized spacial score (nSPS) is 26.7. The molecule has 2 atom stereocenters. The molecule has 0 aromatic heterocycles. The number of halogens is 1. The second kappa shape index (κ2) is 8.05. The number of benzene rings is 1. The first kappa shape index (κ1) is 16.6. The molecule has 4 nitrogen and oxygen atoms in total. The molecule has 124 valence electrons. The van der Waals surface area contributed by atoms with Crippen molar-refractivity contribution in [2.75, 3.05) is 13.1 Å². The molecule has 1 aromatic carbocycles. The fraction of sp³-hybridized carbons (Fsp3) is 0.667. The summed E-state index contributed by atoms with van der Waals surface area (Å²) in [6.45, 7) is 2.28. The van der Waals surface area contributed by atoms with Crippen LogP contribution in [0, 0.1) is 5.92 Å². The van der Waals surface area contributed by atoms with Crippen molar-refractivity contribution in [2.45, 2.75) is 57.0 Å². The standard InChI is InChI=1S/C18H25ClN4/c19-16-7-5-14(6-8-16)13-15-9-11-23(12-10-15)18-4-2-1-3-17(18)21-22-20/h5-8,15,17-18H,1-4,9-13H2/t17-,18+/m1/s1. The van der Waals surface area contributed by atoms with Gasteiger partial charge in [0.05, 0.1) is 6.04 Å². The van der Waals surface area contributed by atoms with Crippen LogP contribution in [0.2, 0.25) is 5.02 Å². The smallest absolute Gasteiger partial charge is 0.0529 e. The fourth-order valence-electron chi connectivity index (χ4n) is 4.16. The van der Waals surface area contributed by atoms with Crippen molar-refractivity contribution >= 4 is 11.6 Å². The van der Waals surface area contributed by atoms with Gasteiger partial charge in [0.15, 0.2) is 0 Å². The summed E-state index contributed by atoms with van der Waals surface area (Å²) in [7, 11) is 0. The Bertz CT molecular complexity index is 545. The van der Waals surface area contributed by atoms with Gasteiger partial charge in [0.1, 0.15) is 0 Å². The van der Waals surface area contributed by atoms with Crippen LogP contribution < -0.4 is 0 Å². The maximum absolute atomic E-state index is 8.79. The predicted molar refractivity (Wildman–Crippen MR) is 94.6 cm³/mol. The zero-order valence-corrected chi connectivity index (χ0v) is 14.3. The van der Waals surface area contributed by atoms with Crippen molar-refractivity contribution in [1.29, 1.82) is 0 Å². The van der Waals surface area contributed by atoms with Gasteiger partial charge < -0.3 is 0 Å². The van der Waals surface area contributed by atoms with Gasteiger partial charge in [0.25, 0.3) is 0 Å². The average Bonchev–Trinajstić information content (AvgIpc) is 2.59. The van der Waals surface area contributed by atoms with E-state index in [2.05, 4.69) is 27.1 Å². The van der Waals surface area contributed by atoms with Gasteiger partial charge in [-0.2, -0.15) is 0 Å². The summed E-state index contributed by atoms with van der Waals surface area (Å²) in [5.41, 5.74) is 10.2. The molecule has 1 aromatic rings. The summed E-state index contributed by atoms with van der Waals surface area (Å²) in [4.78, 5) is 5.65. The first-order valence-corrected chi connectivity index (χ1v) is 9.17. The summed E-state index contributed by atoms with van der Waals surface area (Å²) >= 11 is 5.96. The molecule has 1 saturated heterocycles. The van der Waals surface area contributed by atoms with E-state index in [1.807, 2.05) is 12.1 Å². The van der Waals surface area contributed by atoms with Crippen LogP contribution in [0.5, 0.6) is 0 Å². The molecule has 3 rings (SSSR count). The highest BCUT2D eigenvalue weighted by Gasteiger charge is 2.31. The molecule has 1 aliphatic carbocycles. The number of hydrogen-bond donors (Lipinski definition) is 0. The molecule has 0 amide bonds. The van der Waals surface area contributed by atoms with Crippen LogP contribution in [-0.2, 0) is 6.42 Å². The number of likely N-dealkylation sites (tertiary alicyclic amines) is 1. The molecule has 0 spiro atoms. The molecule has 2 aliphatic rings. The molecule has 1 heterocycles. The first-order valence-electron chi connectivity index (χ1n) is 8.79. The number of hydrogen-bond acceptors (Lipinski definition) is 2. The summed E-state index contributed by atoms with van der Waals surface area (Å²) in [5, 5.41) is 4.87. The average molecular weight is 333 g/mol. The third-order valence-corrected chi connectivity index (χ3v) is 5.70. The Morgan fingerprint density at radius 3 is 2.48 bits per heavy atom. The minimum atomic E-state index is 0.182. The Morgan fingerprint density at radius 1 is 1.09 bits per heavy atom. The zero-order chi connectivity index (χ0) is 16.1. The maximum Gasteiger partial charge on any atom is 0.0529 e. The highest BCUT2D eigenvalue weighted by atomic mass is 35.5. The van der Waals surface area contributed by atoms with Crippen LogP contribution >= 0.6 is 11.6 Å². The second-order valence-corrected chi connectivity index (χ2v) is 7.37. The van der Waals surface area contributed by atoms with Crippen molar-refractivity contribution < 1.29 is 0 Å². The topological polar surface area (TPSA) is 52.0 Å². The molecule has 23 heavy (non-hydrogen) atoms. The van der Waals surface area contributed by atoms with Crippen LogP contribution in [0.4, 0.5) is 0 Å². The van der Waals surface area contributed by atoms with Crippen LogP contribution in [0.25, 0.3) is 10.4 Å². The van der Waals surface area contributed by atoms with Crippen LogP contribution in [0.15, 0.2) is 29.4 Å². The predicted octanol–water partition coefficient (Wildman–Crippen LogP) is 5.22. The van der Waals surface area contributed by atoms with E-state index in [0.29, 0.717) is 6.04 Å². The van der Waals surface area contributed by atoms with E-state index in [-0.39, 0.29) is 6.04 Å². The summed E-state index contributed by atoms with van der Waals surface area (Å²) < 4.78 is 0. The lowest BCUT2D eigenvalue weighted by Gasteiger charge is -2.42. The molecule has 0 N–H and O–H groups in total. The Labute approximate surface area is 143 Å². The van der Waals surface area contributed by atoms with Gasteiger partial charge in [-0.05, 0) is 74.3 Å². The van der Waals surface area contributed by atoms with E-state index < -0.39 is 0 Å². The van der Waals surface area contributed by atoms with Crippen molar-refractivity contribution in [3.8, 4) is 0 Å². The Morgan fingerprint density at radius 2 is 1.78 bits per heavy atom. The Hall–Kier alpha value is -1.22. The quantitative estimate of drug-likeness (QED) is 0.424. The molecule has 0 radical (unpaired) electrons. The summed E-state index contributed by atoms with van der Waals surface area (Å²) in [5.74, 6) is 0.758. The van der Waals surface area contributed by atoms with Gasteiger partial charge in [0, 0.05) is 16.0 Å². The number of piperidine rings is 1. The number of azide groups is 1. The highest BCUT2D eigenvalue weighted by Crippen LogP contribution is 2.30. The third-order valence-electron chi connectivity index (χ3n) is 5.45. The van der Waals surface area contributed by atoms with Crippen LogP contribution in [0.1, 0.15) is 44.1 Å². The fourth-order valence-corrected chi connectivity index (χ4v) is 4.29. The molecule has 0 bridgehead atoms. The minimum Gasteiger partial charge on any atom is -0.300 e. The third kappa shape index (κ3) is 4.41. The van der Waals surface area contributed by atoms with E-state index in [9.17, 15) is 0 Å². The first-order chi connectivity index (χ1) is 11.3. The SMILES string of the molecule is [N-]=[N+]=N[C@@H]1CCCC[C@@H]1N1CCC(Cc2ccc(Cl)cc2)CC1. The molecule has 1 aliphatic heterocycles. The molecule has 1 saturated carbocycles. The van der Waals surface area contributed by atoms with Gasteiger partial charge in [-0.1, -0.05) is 41.7 Å². The monoisotopic (exact) mass is 332 g/mol. The summed E-state index contributed by atoms with van der Waals surface area (Å²) in [6.07, 6.45) is 8.34. The lowest BCUT2D eigenvalue weighted by Crippen LogP contribution is -2.48. The van der Waals surface area contributed by atoms with Crippen molar-refractivity contribution in [2.24, 2.45) is 11.0 Å². The zero-order valence-electron chi connectivity index (χ0n) is 13.6. The number of rotatable bonds is 4. The van der Waals surface area contributed by atoms with Gasteiger partial charge in [0.2, 0.25) is 0 Å². The van der Waals surface area contributed by atoms with Crippen LogP contribution in [0.3, 0.4) is 0 Å². The van der Waals surface area contributed by atoms with E-state index in [1.165, 1.54) is 37.7 Å². The van der Waals surface area contributed by atoms with E-state index in [4.69, 9.17) is 17.1 Å². The van der Waals surface area contributed by atoms with Gasteiger partial charge in [-0.3, -0.25) is 4.90 Å².